The maximum atomic E-state index is 6.65. The Hall–Kier alpha value is -0.880. The van der Waals surface area contributed by atoms with Gasteiger partial charge in [-0.2, -0.15) is 0 Å². The average molecular weight is 259 g/mol. The number of unbranched alkanes of at least 4 members (excludes halogenated alkanes) is 13. The third-order valence-electron chi connectivity index (χ3n) is 3.56. The molecule has 0 bridgehead atoms. The summed E-state index contributed by atoms with van der Waals surface area (Å²) < 4.78 is 0. The minimum atomic E-state index is 0.934. The van der Waals surface area contributed by atoms with Gasteiger partial charge < -0.3 is 0 Å². The Bertz CT molecular complexity index is 258. The molecule has 0 aromatic heterocycles. The fraction of sp³-hybridized carbons (Fsp3) is 0.789. The quantitative estimate of drug-likeness (QED) is 0.278. The molecule has 0 atom stereocenters. The fourth-order valence-corrected chi connectivity index (χ4v) is 2.34. The lowest BCUT2D eigenvalue weighted by Crippen LogP contribution is -1.82. The van der Waals surface area contributed by atoms with Gasteiger partial charge in [0, 0.05) is 6.42 Å². The number of rotatable bonds is 13. The van der Waals surface area contributed by atoms with Crippen molar-refractivity contribution in [3.8, 4) is 17.8 Å². The zero-order valence-electron chi connectivity index (χ0n) is 12.9. The van der Waals surface area contributed by atoms with Crippen molar-refractivity contribution in [3.05, 3.63) is 6.42 Å². The molecule has 0 heteroatoms. The molecule has 0 aliphatic carbocycles. The van der Waals surface area contributed by atoms with Crippen molar-refractivity contribution < 1.29 is 0 Å². The fourth-order valence-electron chi connectivity index (χ4n) is 2.34. The molecule has 0 saturated carbocycles. The molecular weight excluding hydrogens is 228 g/mol. The van der Waals surface area contributed by atoms with Gasteiger partial charge in [0.15, 0.2) is 0 Å². The van der Waals surface area contributed by atoms with E-state index in [9.17, 15) is 0 Å². The molecule has 0 unspecified atom stereocenters. The second-order valence-corrected chi connectivity index (χ2v) is 5.42. The molecule has 0 saturated heterocycles. The third kappa shape index (κ3) is 17.1. The molecule has 0 fully saturated rings. The van der Waals surface area contributed by atoms with Crippen molar-refractivity contribution >= 4 is 0 Å². The van der Waals surface area contributed by atoms with E-state index in [4.69, 9.17) is 6.42 Å². The van der Waals surface area contributed by atoms with Crippen LogP contribution in [-0.4, -0.2) is 0 Å². The van der Waals surface area contributed by atoms with E-state index >= 15 is 0 Å². The lowest BCUT2D eigenvalue weighted by atomic mass is 10.0. The van der Waals surface area contributed by atoms with Crippen molar-refractivity contribution in [1.82, 2.24) is 0 Å². The molecule has 19 heavy (non-hydrogen) atoms. The van der Waals surface area contributed by atoms with Crippen LogP contribution in [0.15, 0.2) is 0 Å². The van der Waals surface area contributed by atoms with Crippen LogP contribution < -0.4 is 0 Å². The maximum Gasteiger partial charge on any atom is 0.00989 e. The van der Waals surface area contributed by atoms with Gasteiger partial charge in [-0.3, -0.25) is 0 Å². The first-order valence-corrected chi connectivity index (χ1v) is 8.31. The first kappa shape index (κ1) is 18.1. The van der Waals surface area contributed by atoms with Gasteiger partial charge in [0.25, 0.3) is 0 Å². The van der Waals surface area contributed by atoms with Crippen molar-refractivity contribution in [3.63, 3.8) is 0 Å². The Labute approximate surface area is 121 Å². The van der Waals surface area contributed by atoms with Crippen LogP contribution in [0.4, 0.5) is 0 Å². The van der Waals surface area contributed by atoms with Gasteiger partial charge in [0.1, 0.15) is 0 Å². The highest BCUT2D eigenvalue weighted by Crippen LogP contribution is 2.12. The maximum absolute atomic E-state index is 6.65. The van der Waals surface area contributed by atoms with Crippen LogP contribution in [0.1, 0.15) is 96.8 Å². The molecule has 107 valence electrons. The molecule has 0 aromatic carbocycles. The van der Waals surface area contributed by atoms with E-state index in [1.165, 1.54) is 83.5 Å². The van der Waals surface area contributed by atoms with Crippen LogP contribution in [0.3, 0.4) is 0 Å². The summed E-state index contributed by atoms with van der Waals surface area (Å²) >= 11 is 0. The Kier molecular flexibility index (Phi) is 16.3. The molecule has 0 spiro atoms. The molecular formula is C19H31. The van der Waals surface area contributed by atoms with Gasteiger partial charge in [0.2, 0.25) is 0 Å². The highest BCUT2D eigenvalue weighted by Gasteiger charge is 1.93. The lowest BCUT2D eigenvalue weighted by Gasteiger charge is -2.02. The number of hydrogen-bond donors (Lipinski definition) is 0. The molecule has 0 aromatic rings. The summed E-state index contributed by atoms with van der Waals surface area (Å²) in [5.41, 5.74) is 0. The average Bonchev–Trinajstić information content (AvgIpc) is 2.43. The van der Waals surface area contributed by atoms with Crippen LogP contribution in [0.2, 0.25) is 0 Å². The monoisotopic (exact) mass is 259 g/mol. The Morgan fingerprint density at radius 3 is 1.47 bits per heavy atom. The summed E-state index contributed by atoms with van der Waals surface area (Å²) in [4.78, 5) is 0. The van der Waals surface area contributed by atoms with E-state index in [0.717, 1.165) is 6.42 Å². The van der Waals surface area contributed by atoms with E-state index in [1.807, 2.05) is 0 Å². The molecule has 0 aliphatic rings. The van der Waals surface area contributed by atoms with Gasteiger partial charge in [-0.25, -0.2) is 0 Å². The normalized spacial score (nSPS) is 9.68. The standard InChI is InChI=1S/C19H31/c1-3-5-7-9-11-13-15-17-19-18-16-14-12-10-8-6-4-2/h3,5,7,9-19H2,1H3. The minimum absolute atomic E-state index is 0.934. The first-order chi connectivity index (χ1) is 9.41. The zero-order chi connectivity index (χ0) is 14.0. The zero-order valence-corrected chi connectivity index (χ0v) is 12.9. The van der Waals surface area contributed by atoms with E-state index < -0.39 is 0 Å². The topological polar surface area (TPSA) is 0 Å². The number of hydrogen-bond acceptors (Lipinski definition) is 0. The Balaban J connectivity index is 2.97. The molecule has 1 radical (unpaired) electrons. The largest absolute Gasteiger partial charge is 0.0891 e. The Morgan fingerprint density at radius 2 is 1.05 bits per heavy atom. The van der Waals surface area contributed by atoms with Gasteiger partial charge in [-0.1, -0.05) is 89.9 Å². The van der Waals surface area contributed by atoms with Gasteiger partial charge in [-0.15, -0.1) is 0 Å². The van der Waals surface area contributed by atoms with E-state index in [1.54, 1.807) is 0 Å². The summed E-state index contributed by atoms with van der Waals surface area (Å²) in [6, 6.07) is 0. The molecule has 0 amide bonds. The van der Waals surface area contributed by atoms with Crippen molar-refractivity contribution in [2.24, 2.45) is 0 Å². The van der Waals surface area contributed by atoms with Gasteiger partial charge in [0.05, 0.1) is 0 Å². The molecule has 0 heterocycles. The van der Waals surface area contributed by atoms with Crippen LogP contribution >= 0.6 is 0 Å². The summed E-state index contributed by atoms with van der Waals surface area (Å²) in [7, 11) is 0. The predicted molar refractivity (Wildman–Crippen MR) is 85.2 cm³/mol. The first-order valence-electron chi connectivity index (χ1n) is 8.31. The van der Waals surface area contributed by atoms with Gasteiger partial charge >= 0.3 is 0 Å². The molecule has 0 N–H and O–H groups in total. The van der Waals surface area contributed by atoms with Crippen molar-refractivity contribution in [2.45, 2.75) is 96.8 Å². The highest BCUT2D eigenvalue weighted by atomic mass is 14.0. The van der Waals surface area contributed by atoms with E-state index in [0.29, 0.717) is 0 Å². The second-order valence-electron chi connectivity index (χ2n) is 5.42. The van der Waals surface area contributed by atoms with Crippen LogP contribution in [0.25, 0.3) is 0 Å². The molecule has 0 nitrogen and oxygen atoms in total. The van der Waals surface area contributed by atoms with Crippen LogP contribution in [0, 0.1) is 24.2 Å². The molecule has 0 rings (SSSR count). The van der Waals surface area contributed by atoms with Crippen LogP contribution in [-0.2, 0) is 0 Å². The smallest absolute Gasteiger partial charge is 0.00989 e. The van der Waals surface area contributed by atoms with Crippen LogP contribution in [0.5, 0.6) is 0 Å². The van der Waals surface area contributed by atoms with Crippen molar-refractivity contribution in [2.75, 3.05) is 0 Å². The molecule has 0 aliphatic heterocycles. The lowest BCUT2D eigenvalue weighted by molar-refractivity contribution is 0.540. The summed E-state index contributed by atoms with van der Waals surface area (Å²) in [6.07, 6.45) is 25.6. The van der Waals surface area contributed by atoms with E-state index in [2.05, 4.69) is 24.7 Å². The van der Waals surface area contributed by atoms with Crippen molar-refractivity contribution in [1.29, 1.82) is 0 Å². The SMILES string of the molecule is [C]#CC#CCCCCCCCCCCCCCCC. The van der Waals surface area contributed by atoms with Gasteiger partial charge in [-0.05, 0) is 24.7 Å². The second kappa shape index (κ2) is 17.1. The summed E-state index contributed by atoms with van der Waals surface area (Å²) in [5.74, 6) is 7.59. The summed E-state index contributed by atoms with van der Waals surface area (Å²) in [6.45, 7) is 2.28. The highest BCUT2D eigenvalue weighted by molar-refractivity contribution is 5.18. The third-order valence-corrected chi connectivity index (χ3v) is 3.56. The Morgan fingerprint density at radius 1 is 0.632 bits per heavy atom. The minimum Gasteiger partial charge on any atom is -0.0891 e. The summed E-state index contributed by atoms with van der Waals surface area (Å²) in [5, 5.41) is 0. The predicted octanol–water partition coefficient (Wildman–Crippen LogP) is 6.06. The van der Waals surface area contributed by atoms with E-state index in [-0.39, 0.29) is 0 Å².